The standard InChI is InChI=1S/C24H29ClN4O2/c25-20-7-3-18(4-8-20)16-28-14-11-22(12-15-28)27-24(31)26-21-9-5-19(6-10-21)17-29-13-1-2-23(29)30/h3-10,22H,1-2,11-17H2,(H2,26,27,31). The van der Waals surface area contributed by atoms with Gasteiger partial charge in [-0.1, -0.05) is 35.9 Å². The number of urea groups is 1. The fraction of sp³-hybridized carbons (Fsp3) is 0.417. The highest BCUT2D eigenvalue weighted by Crippen LogP contribution is 2.18. The molecular formula is C24H29ClN4O2. The van der Waals surface area contributed by atoms with Gasteiger partial charge in [0.25, 0.3) is 0 Å². The summed E-state index contributed by atoms with van der Waals surface area (Å²) in [4.78, 5) is 28.4. The molecule has 0 aromatic heterocycles. The maximum Gasteiger partial charge on any atom is 0.319 e. The molecule has 6 nitrogen and oxygen atoms in total. The van der Waals surface area contributed by atoms with Gasteiger partial charge >= 0.3 is 6.03 Å². The van der Waals surface area contributed by atoms with Crippen molar-refractivity contribution in [2.24, 2.45) is 0 Å². The van der Waals surface area contributed by atoms with Gasteiger partial charge < -0.3 is 15.5 Å². The van der Waals surface area contributed by atoms with E-state index in [1.165, 1.54) is 5.56 Å². The molecule has 0 aliphatic carbocycles. The summed E-state index contributed by atoms with van der Waals surface area (Å²) in [7, 11) is 0. The fourth-order valence-corrected chi connectivity index (χ4v) is 4.35. The lowest BCUT2D eigenvalue weighted by atomic mass is 10.0. The van der Waals surface area contributed by atoms with Gasteiger partial charge in [0.1, 0.15) is 0 Å². The number of piperidine rings is 1. The van der Waals surface area contributed by atoms with Crippen LogP contribution in [0, 0.1) is 0 Å². The molecule has 3 amide bonds. The molecule has 4 rings (SSSR count). The summed E-state index contributed by atoms with van der Waals surface area (Å²) in [6.45, 7) is 4.29. The van der Waals surface area contributed by atoms with Crippen molar-refractivity contribution in [1.29, 1.82) is 0 Å². The molecule has 0 radical (unpaired) electrons. The molecule has 31 heavy (non-hydrogen) atoms. The highest BCUT2D eigenvalue weighted by atomic mass is 35.5. The highest BCUT2D eigenvalue weighted by molar-refractivity contribution is 6.30. The maximum atomic E-state index is 12.4. The minimum atomic E-state index is -0.168. The van der Waals surface area contributed by atoms with Gasteiger partial charge in [0.05, 0.1) is 0 Å². The molecule has 0 unspecified atom stereocenters. The Labute approximate surface area is 188 Å². The van der Waals surface area contributed by atoms with E-state index in [1.54, 1.807) is 0 Å². The van der Waals surface area contributed by atoms with Crippen LogP contribution in [0.3, 0.4) is 0 Å². The van der Waals surface area contributed by atoms with E-state index in [1.807, 2.05) is 41.3 Å². The number of rotatable bonds is 6. The van der Waals surface area contributed by atoms with Gasteiger partial charge in [-0.05, 0) is 54.7 Å². The van der Waals surface area contributed by atoms with Gasteiger partial charge in [0.15, 0.2) is 0 Å². The molecule has 7 heteroatoms. The van der Waals surface area contributed by atoms with Crippen LogP contribution in [0.2, 0.25) is 5.02 Å². The molecule has 2 aliphatic heterocycles. The number of hydrogen-bond donors (Lipinski definition) is 2. The van der Waals surface area contributed by atoms with E-state index in [-0.39, 0.29) is 18.0 Å². The van der Waals surface area contributed by atoms with E-state index >= 15 is 0 Å². The van der Waals surface area contributed by atoms with Crippen LogP contribution in [0.25, 0.3) is 0 Å². The molecule has 2 aromatic rings. The third kappa shape index (κ3) is 6.21. The zero-order chi connectivity index (χ0) is 21.6. The first kappa shape index (κ1) is 21.7. The van der Waals surface area contributed by atoms with Gasteiger partial charge in [0.2, 0.25) is 5.91 Å². The second-order valence-electron chi connectivity index (χ2n) is 8.39. The number of likely N-dealkylation sites (tertiary alicyclic amines) is 2. The molecule has 0 spiro atoms. The van der Waals surface area contributed by atoms with Crippen LogP contribution in [-0.4, -0.2) is 47.4 Å². The molecule has 2 aromatic carbocycles. The van der Waals surface area contributed by atoms with E-state index in [9.17, 15) is 9.59 Å². The molecular weight excluding hydrogens is 412 g/mol. The number of halogens is 1. The normalized spacial score (nSPS) is 17.7. The van der Waals surface area contributed by atoms with E-state index in [2.05, 4.69) is 27.7 Å². The van der Waals surface area contributed by atoms with Gasteiger partial charge in [-0.3, -0.25) is 9.69 Å². The second kappa shape index (κ2) is 10.2. The Kier molecular flexibility index (Phi) is 7.10. The van der Waals surface area contributed by atoms with Crippen LogP contribution in [-0.2, 0) is 17.9 Å². The van der Waals surface area contributed by atoms with Crippen LogP contribution < -0.4 is 10.6 Å². The lowest BCUT2D eigenvalue weighted by molar-refractivity contribution is -0.128. The first-order chi connectivity index (χ1) is 15.0. The van der Waals surface area contributed by atoms with Crippen molar-refractivity contribution in [3.05, 3.63) is 64.7 Å². The van der Waals surface area contributed by atoms with E-state index in [0.29, 0.717) is 13.0 Å². The van der Waals surface area contributed by atoms with E-state index < -0.39 is 0 Å². The van der Waals surface area contributed by atoms with Gasteiger partial charge in [-0.15, -0.1) is 0 Å². The summed E-state index contributed by atoms with van der Waals surface area (Å²) in [5.41, 5.74) is 3.09. The molecule has 2 N–H and O–H groups in total. The summed E-state index contributed by atoms with van der Waals surface area (Å²) >= 11 is 5.95. The average Bonchev–Trinajstić information content (AvgIpc) is 3.17. The minimum absolute atomic E-state index is 0.168. The lowest BCUT2D eigenvalue weighted by Crippen LogP contribution is -2.45. The summed E-state index contributed by atoms with van der Waals surface area (Å²) < 4.78 is 0. The van der Waals surface area contributed by atoms with Crippen LogP contribution >= 0.6 is 11.6 Å². The van der Waals surface area contributed by atoms with Crippen molar-refractivity contribution in [3.63, 3.8) is 0 Å². The number of hydrogen-bond acceptors (Lipinski definition) is 3. The lowest BCUT2D eigenvalue weighted by Gasteiger charge is -2.32. The minimum Gasteiger partial charge on any atom is -0.338 e. The summed E-state index contributed by atoms with van der Waals surface area (Å²) in [5, 5.41) is 6.77. The Hall–Kier alpha value is -2.57. The van der Waals surface area contributed by atoms with Crippen LogP contribution in [0.5, 0.6) is 0 Å². The molecule has 2 saturated heterocycles. The summed E-state index contributed by atoms with van der Waals surface area (Å²) in [6.07, 6.45) is 3.46. The van der Waals surface area contributed by atoms with Crippen molar-refractivity contribution < 1.29 is 9.59 Å². The van der Waals surface area contributed by atoms with E-state index in [4.69, 9.17) is 11.6 Å². The largest absolute Gasteiger partial charge is 0.338 e. The third-order valence-corrected chi connectivity index (χ3v) is 6.25. The third-order valence-electron chi connectivity index (χ3n) is 6.00. The van der Waals surface area contributed by atoms with E-state index in [0.717, 1.165) is 61.7 Å². The molecule has 2 fully saturated rings. The number of nitrogens with one attached hydrogen (secondary N) is 2. The van der Waals surface area contributed by atoms with Crippen molar-refractivity contribution in [3.8, 4) is 0 Å². The Morgan fingerprint density at radius 3 is 2.23 bits per heavy atom. The molecule has 2 aliphatic rings. The topological polar surface area (TPSA) is 64.7 Å². The Morgan fingerprint density at radius 2 is 1.58 bits per heavy atom. The van der Waals surface area contributed by atoms with Crippen molar-refractivity contribution in [2.45, 2.75) is 44.8 Å². The smallest absolute Gasteiger partial charge is 0.319 e. The van der Waals surface area contributed by atoms with Gasteiger partial charge in [-0.2, -0.15) is 0 Å². The number of carbonyl (C=O) groups is 2. The summed E-state index contributed by atoms with van der Waals surface area (Å²) in [5.74, 6) is 0.223. The zero-order valence-corrected chi connectivity index (χ0v) is 18.4. The fourth-order valence-electron chi connectivity index (χ4n) is 4.22. The Balaban J connectivity index is 1.19. The predicted octanol–water partition coefficient (Wildman–Crippen LogP) is 4.25. The number of carbonyl (C=O) groups excluding carboxylic acids is 2. The number of benzene rings is 2. The second-order valence-corrected chi connectivity index (χ2v) is 8.83. The number of amides is 3. The van der Waals surface area contributed by atoms with Crippen molar-refractivity contribution in [1.82, 2.24) is 15.1 Å². The quantitative estimate of drug-likeness (QED) is 0.705. The van der Waals surface area contributed by atoms with Crippen LogP contribution in [0.4, 0.5) is 10.5 Å². The SMILES string of the molecule is O=C(Nc1ccc(CN2CCCC2=O)cc1)NC1CCN(Cc2ccc(Cl)cc2)CC1. The Bertz CT molecular complexity index is 893. The monoisotopic (exact) mass is 440 g/mol. The molecule has 0 atom stereocenters. The molecule has 164 valence electrons. The predicted molar refractivity (Wildman–Crippen MR) is 123 cm³/mol. The number of nitrogens with zero attached hydrogens (tertiary/aromatic N) is 2. The first-order valence-corrected chi connectivity index (χ1v) is 11.3. The molecule has 2 heterocycles. The van der Waals surface area contributed by atoms with Crippen molar-refractivity contribution >= 4 is 29.2 Å². The summed E-state index contributed by atoms with van der Waals surface area (Å²) in [6, 6.07) is 15.7. The van der Waals surface area contributed by atoms with Crippen LogP contribution in [0.15, 0.2) is 48.5 Å². The first-order valence-electron chi connectivity index (χ1n) is 11.0. The zero-order valence-electron chi connectivity index (χ0n) is 17.6. The Morgan fingerprint density at radius 1 is 0.935 bits per heavy atom. The van der Waals surface area contributed by atoms with Crippen LogP contribution in [0.1, 0.15) is 36.8 Å². The molecule has 0 bridgehead atoms. The van der Waals surface area contributed by atoms with Crippen molar-refractivity contribution in [2.75, 3.05) is 25.0 Å². The average molecular weight is 441 g/mol. The van der Waals surface area contributed by atoms with Gasteiger partial charge in [-0.25, -0.2) is 4.79 Å². The molecule has 0 saturated carbocycles. The van der Waals surface area contributed by atoms with Gasteiger partial charge in [0, 0.05) is 55.9 Å². The number of anilines is 1. The maximum absolute atomic E-state index is 12.4. The highest BCUT2D eigenvalue weighted by Gasteiger charge is 2.21.